The maximum Gasteiger partial charge on any atom is 0.316 e. The molecule has 20 heavy (non-hydrogen) atoms. The number of carbonyl (C=O) groups is 2. The topological polar surface area (TPSA) is 94.3 Å². The second kappa shape index (κ2) is 7.25. The van der Waals surface area contributed by atoms with E-state index in [0.717, 1.165) is 5.69 Å². The van der Waals surface area contributed by atoms with Crippen LogP contribution in [0, 0.1) is 0 Å². The van der Waals surface area contributed by atoms with Gasteiger partial charge in [0, 0.05) is 11.9 Å². The van der Waals surface area contributed by atoms with E-state index in [-0.39, 0.29) is 17.6 Å². The zero-order chi connectivity index (χ0) is 15.2. The van der Waals surface area contributed by atoms with Gasteiger partial charge in [0.15, 0.2) is 0 Å². The van der Waals surface area contributed by atoms with Crippen molar-refractivity contribution in [1.29, 1.82) is 0 Å². The third-order valence-corrected chi connectivity index (χ3v) is 3.05. The van der Waals surface area contributed by atoms with Gasteiger partial charge in [-0.1, -0.05) is 0 Å². The zero-order valence-corrected chi connectivity index (χ0v) is 12.6. The van der Waals surface area contributed by atoms with Crippen LogP contribution in [0.4, 0.5) is 0 Å². The number of rotatable bonds is 5. The van der Waals surface area contributed by atoms with E-state index >= 15 is 0 Å². The van der Waals surface area contributed by atoms with Crippen LogP contribution in [0.5, 0.6) is 0 Å². The molecule has 1 heterocycles. The SMILES string of the molecule is CC(C)(C)OC(=O)CSCc1ccc(C(=O)NN)cn1. The Hall–Kier alpha value is -1.60. The summed E-state index contributed by atoms with van der Waals surface area (Å²) in [7, 11) is 0. The van der Waals surface area contributed by atoms with Crippen LogP contribution in [0.1, 0.15) is 36.8 Å². The third kappa shape index (κ3) is 6.03. The van der Waals surface area contributed by atoms with Crippen molar-refractivity contribution in [1.82, 2.24) is 10.4 Å². The molecule has 3 N–H and O–H groups in total. The lowest BCUT2D eigenvalue weighted by molar-refractivity contribution is -0.151. The molecule has 0 radical (unpaired) electrons. The number of nitrogens with zero attached hydrogens (tertiary/aromatic N) is 1. The number of hydrazine groups is 1. The van der Waals surface area contributed by atoms with Gasteiger partial charge in [0.1, 0.15) is 5.60 Å². The lowest BCUT2D eigenvalue weighted by atomic mass is 10.2. The molecule has 0 atom stereocenters. The van der Waals surface area contributed by atoms with E-state index in [1.54, 1.807) is 12.1 Å². The molecule has 0 spiro atoms. The molecule has 1 aromatic heterocycles. The second-order valence-corrected chi connectivity index (χ2v) is 6.08. The number of nitrogen functional groups attached to an aromatic ring is 1. The molecular formula is C13H19N3O3S. The fourth-order valence-corrected chi connectivity index (χ4v) is 2.04. The quantitative estimate of drug-likeness (QED) is 0.368. The fraction of sp³-hybridized carbons (Fsp3) is 0.462. The molecule has 0 aromatic carbocycles. The van der Waals surface area contributed by atoms with Gasteiger partial charge in [0.2, 0.25) is 0 Å². The van der Waals surface area contributed by atoms with Gasteiger partial charge in [-0.3, -0.25) is 20.0 Å². The Labute approximate surface area is 122 Å². The molecule has 0 aliphatic rings. The molecular weight excluding hydrogens is 278 g/mol. The average molecular weight is 297 g/mol. The first kappa shape index (κ1) is 16.5. The molecule has 110 valence electrons. The van der Waals surface area contributed by atoms with Crippen molar-refractivity contribution in [2.45, 2.75) is 32.1 Å². The van der Waals surface area contributed by atoms with Gasteiger partial charge in [-0.05, 0) is 32.9 Å². The van der Waals surface area contributed by atoms with Crippen LogP contribution in [-0.4, -0.2) is 28.2 Å². The minimum Gasteiger partial charge on any atom is -0.459 e. The number of hydrogen-bond acceptors (Lipinski definition) is 6. The van der Waals surface area contributed by atoms with Crippen molar-refractivity contribution in [3.63, 3.8) is 0 Å². The van der Waals surface area contributed by atoms with Crippen molar-refractivity contribution >= 4 is 23.6 Å². The fourth-order valence-electron chi connectivity index (χ4n) is 1.34. The summed E-state index contributed by atoms with van der Waals surface area (Å²) in [5.41, 5.74) is 2.75. The number of amides is 1. The molecule has 1 aromatic rings. The van der Waals surface area contributed by atoms with Crippen LogP contribution in [-0.2, 0) is 15.3 Å². The van der Waals surface area contributed by atoms with Crippen molar-refractivity contribution in [2.24, 2.45) is 5.84 Å². The predicted octanol–water partition coefficient (Wildman–Crippen LogP) is 1.26. The maximum absolute atomic E-state index is 11.5. The molecule has 7 heteroatoms. The Bertz CT molecular complexity index is 469. The first-order valence-corrected chi connectivity index (χ1v) is 7.23. The highest BCUT2D eigenvalue weighted by Crippen LogP contribution is 2.13. The predicted molar refractivity (Wildman–Crippen MR) is 77.9 cm³/mol. The van der Waals surface area contributed by atoms with Crippen molar-refractivity contribution < 1.29 is 14.3 Å². The summed E-state index contributed by atoms with van der Waals surface area (Å²) in [5.74, 6) is 5.23. The van der Waals surface area contributed by atoms with E-state index < -0.39 is 5.60 Å². The highest BCUT2D eigenvalue weighted by Gasteiger charge is 2.16. The van der Waals surface area contributed by atoms with Crippen LogP contribution in [0.25, 0.3) is 0 Å². The molecule has 0 fully saturated rings. The molecule has 1 rings (SSSR count). The number of nitrogens with two attached hydrogens (primary N) is 1. The van der Waals surface area contributed by atoms with Crippen LogP contribution < -0.4 is 11.3 Å². The lowest BCUT2D eigenvalue weighted by Gasteiger charge is -2.19. The number of thioether (sulfide) groups is 1. The van der Waals surface area contributed by atoms with Gasteiger partial charge in [0.05, 0.1) is 17.0 Å². The maximum atomic E-state index is 11.5. The Kier molecular flexibility index (Phi) is 5.97. The van der Waals surface area contributed by atoms with Crippen LogP contribution in [0.2, 0.25) is 0 Å². The number of nitrogens with one attached hydrogen (secondary N) is 1. The van der Waals surface area contributed by atoms with E-state index in [4.69, 9.17) is 10.6 Å². The lowest BCUT2D eigenvalue weighted by Crippen LogP contribution is -2.30. The summed E-state index contributed by atoms with van der Waals surface area (Å²) in [4.78, 5) is 26.8. The number of esters is 1. The second-order valence-electron chi connectivity index (χ2n) is 5.09. The molecule has 0 aliphatic heterocycles. The Morgan fingerprint density at radius 3 is 2.60 bits per heavy atom. The summed E-state index contributed by atoms with van der Waals surface area (Å²) in [6, 6.07) is 3.37. The van der Waals surface area contributed by atoms with Crippen molar-refractivity contribution in [2.75, 3.05) is 5.75 Å². The van der Waals surface area contributed by atoms with Crippen LogP contribution in [0.3, 0.4) is 0 Å². The van der Waals surface area contributed by atoms with Crippen molar-refractivity contribution in [3.05, 3.63) is 29.6 Å². The number of pyridine rings is 1. The molecule has 0 aliphatic carbocycles. The Balaban J connectivity index is 2.39. The standard InChI is InChI=1S/C13H19N3O3S/c1-13(2,3)19-11(17)8-20-7-10-5-4-9(6-15-10)12(18)16-14/h4-6H,7-8,14H2,1-3H3,(H,16,18). The number of aromatic nitrogens is 1. The number of ether oxygens (including phenoxy) is 1. The Morgan fingerprint density at radius 1 is 1.40 bits per heavy atom. The average Bonchev–Trinajstić information content (AvgIpc) is 2.36. The molecule has 0 saturated heterocycles. The van der Waals surface area contributed by atoms with Gasteiger partial charge in [-0.15, -0.1) is 11.8 Å². The minimum atomic E-state index is -0.465. The van der Waals surface area contributed by atoms with Gasteiger partial charge in [0.25, 0.3) is 5.91 Å². The van der Waals surface area contributed by atoms with Crippen LogP contribution in [0.15, 0.2) is 18.3 Å². The van der Waals surface area contributed by atoms with E-state index in [1.807, 2.05) is 26.2 Å². The monoisotopic (exact) mass is 297 g/mol. The molecule has 0 unspecified atom stereocenters. The van der Waals surface area contributed by atoms with Gasteiger partial charge in [-0.2, -0.15) is 0 Å². The molecule has 0 saturated carbocycles. The number of hydrogen-bond donors (Lipinski definition) is 2. The molecule has 1 amide bonds. The minimum absolute atomic E-state index is 0.248. The van der Waals surface area contributed by atoms with Gasteiger partial charge >= 0.3 is 5.97 Å². The highest BCUT2D eigenvalue weighted by molar-refractivity contribution is 7.99. The largest absolute Gasteiger partial charge is 0.459 e. The zero-order valence-electron chi connectivity index (χ0n) is 11.8. The summed E-state index contributed by atoms with van der Waals surface area (Å²) in [6.07, 6.45) is 1.45. The van der Waals surface area contributed by atoms with E-state index in [1.165, 1.54) is 18.0 Å². The summed E-state index contributed by atoms with van der Waals surface area (Å²) < 4.78 is 5.19. The van der Waals surface area contributed by atoms with Crippen molar-refractivity contribution in [3.8, 4) is 0 Å². The van der Waals surface area contributed by atoms with E-state index in [0.29, 0.717) is 11.3 Å². The molecule has 6 nitrogen and oxygen atoms in total. The third-order valence-electron chi connectivity index (χ3n) is 2.11. The number of carbonyl (C=O) groups excluding carboxylic acids is 2. The van der Waals surface area contributed by atoms with Gasteiger partial charge < -0.3 is 4.74 Å². The highest BCUT2D eigenvalue weighted by atomic mass is 32.2. The first-order valence-electron chi connectivity index (χ1n) is 6.07. The smallest absolute Gasteiger partial charge is 0.316 e. The summed E-state index contributed by atoms with van der Waals surface area (Å²) >= 11 is 1.41. The van der Waals surface area contributed by atoms with E-state index in [9.17, 15) is 9.59 Å². The summed E-state index contributed by atoms with van der Waals surface area (Å²) in [5, 5.41) is 0. The molecule has 0 bridgehead atoms. The van der Waals surface area contributed by atoms with Crippen LogP contribution >= 0.6 is 11.8 Å². The van der Waals surface area contributed by atoms with Gasteiger partial charge in [-0.25, -0.2) is 5.84 Å². The van der Waals surface area contributed by atoms with E-state index in [2.05, 4.69) is 4.98 Å². The Morgan fingerprint density at radius 2 is 2.10 bits per heavy atom. The normalized spacial score (nSPS) is 11.0. The first-order chi connectivity index (χ1) is 9.31. The summed E-state index contributed by atoms with van der Waals surface area (Å²) in [6.45, 7) is 5.50.